The number of carbonyl (C=O) groups is 1. The van der Waals surface area contributed by atoms with Gasteiger partial charge in [0.1, 0.15) is 17.4 Å². The van der Waals surface area contributed by atoms with Gasteiger partial charge < -0.3 is 15.8 Å². The molecule has 0 fully saturated rings. The van der Waals surface area contributed by atoms with E-state index >= 15 is 0 Å². The van der Waals surface area contributed by atoms with Crippen LogP contribution in [0, 0.1) is 5.82 Å². The third kappa shape index (κ3) is 4.25. The minimum Gasteiger partial charge on any atom is -0.497 e. The Morgan fingerprint density at radius 2 is 1.81 bits per heavy atom. The average Bonchev–Trinajstić information content (AvgIpc) is 3.22. The zero-order valence-corrected chi connectivity index (χ0v) is 16.9. The van der Waals surface area contributed by atoms with E-state index in [2.05, 4.69) is 10.4 Å². The van der Waals surface area contributed by atoms with Crippen LogP contribution in [0.2, 0.25) is 0 Å². The quantitative estimate of drug-likeness (QED) is 0.450. The van der Waals surface area contributed by atoms with Crippen molar-refractivity contribution >= 4 is 17.4 Å². The lowest BCUT2D eigenvalue weighted by Crippen LogP contribution is -2.18. The number of anilines is 2. The molecule has 1 aromatic heterocycles. The van der Waals surface area contributed by atoms with E-state index in [1.165, 1.54) is 17.9 Å². The number of benzene rings is 3. The van der Waals surface area contributed by atoms with Crippen molar-refractivity contribution in [2.24, 2.45) is 0 Å². The predicted molar refractivity (Wildman–Crippen MR) is 119 cm³/mol. The molecular weight excluding hydrogens is 395 g/mol. The molecule has 7 heteroatoms. The summed E-state index contributed by atoms with van der Waals surface area (Å²) in [4.78, 5) is 13.3. The van der Waals surface area contributed by atoms with Gasteiger partial charge in [0.05, 0.1) is 18.4 Å². The van der Waals surface area contributed by atoms with E-state index in [1.54, 1.807) is 42.5 Å². The van der Waals surface area contributed by atoms with Gasteiger partial charge in [0, 0.05) is 29.9 Å². The molecule has 156 valence electrons. The van der Waals surface area contributed by atoms with Crippen molar-refractivity contribution in [3.8, 4) is 17.0 Å². The summed E-state index contributed by atoms with van der Waals surface area (Å²) in [7, 11) is 1.52. The lowest BCUT2D eigenvalue weighted by atomic mass is 10.1. The Morgan fingerprint density at radius 3 is 2.52 bits per heavy atom. The van der Waals surface area contributed by atoms with Gasteiger partial charge in [-0.15, -0.1) is 0 Å². The van der Waals surface area contributed by atoms with Crippen LogP contribution < -0.4 is 15.8 Å². The van der Waals surface area contributed by atoms with Crippen molar-refractivity contribution in [1.29, 1.82) is 0 Å². The van der Waals surface area contributed by atoms with Gasteiger partial charge in [0.25, 0.3) is 5.91 Å². The Kier molecular flexibility index (Phi) is 5.66. The lowest BCUT2D eigenvalue weighted by molar-refractivity contribution is 0.0948. The van der Waals surface area contributed by atoms with E-state index in [1.807, 2.05) is 30.3 Å². The number of nitrogens with one attached hydrogen (secondary N) is 1. The number of rotatable bonds is 6. The highest BCUT2D eigenvalue weighted by Crippen LogP contribution is 2.27. The molecule has 4 aromatic rings. The molecule has 0 aliphatic carbocycles. The highest BCUT2D eigenvalue weighted by Gasteiger charge is 2.20. The number of nitrogen functional groups attached to an aromatic ring is 1. The summed E-state index contributed by atoms with van der Waals surface area (Å²) in [5, 5.41) is 7.61. The van der Waals surface area contributed by atoms with Crippen molar-refractivity contribution in [1.82, 2.24) is 9.78 Å². The molecule has 0 unspecified atom stereocenters. The number of methoxy groups -OCH3 is 1. The third-order valence-electron chi connectivity index (χ3n) is 4.86. The Balaban J connectivity index is 1.74. The topological polar surface area (TPSA) is 82.2 Å². The molecular formula is C24H21FN4O2. The highest BCUT2D eigenvalue weighted by molar-refractivity contribution is 6.02. The van der Waals surface area contributed by atoms with Crippen LogP contribution in [0.25, 0.3) is 11.3 Å². The summed E-state index contributed by atoms with van der Waals surface area (Å²) in [6.45, 7) is 0.467. The van der Waals surface area contributed by atoms with Crippen LogP contribution >= 0.6 is 0 Å². The van der Waals surface area contributed by atoms with Crippen molar-refractivity contribution in [3.05, 3.63) is 95.8 Å². The standard InChI is InChI=1S/C24H21FN4O2/c1-31-17-11-12-19(21(26)13-17)24(30)29-23(27-15-16-7-3-2-4-8-16)14-22(28-29)18-9-5-6-10-20(18)25/h2-14,27H,15,26H2,1H3. The molecule has 0 bridgehead atoms. The van der Waals surface area contributed by atoms with Crippen molar-refractivity contribution < 1.29 is 13.9 Å². The molecule has 6 nitrogen and oxygen atoms in total. The molecule has 0 spiro atoms. The van der Waals surface area contributed by atoms with Crippen molar-refractivity contribution in [2.45, 2.75) is 6.54 Å². The molecule has 0 aliphatic rings. The number of ether oxygens (including phenoxy) is 1. The highest BCUT2D eigenvalue weighted by atomic mass is 19.1. The van der Waals surface area contributed by atoms with Gasteiger partial charge >= 0.3 is 0 Å². The Morgan fingerprint density at radius 1 is 1.06 bits per heavy atom. The molecule has 31 heavy (non-hydrogen) atoms. The molecule has 1 heterocycles. The largest absolute Gasteiger partial charge is 0.497 e. The first kappa shape index (κ1) is 20.2. The van der Waals surface area contributed by atoms with E-state index in [0.29, 0.717) is 29.4 Å². The smallest absolute Gasteiger partial charge is 0.282 e. The SMILES string of the molecule is COc1ccc(C(=O)n2nc(-c3ccccc3F)cc2NCc2ccccc2)c(N)c1. The second-order valence-electron chi connectivity index (χ2n) is 6.90. The number of nitrogens with zero attached hydrogens (tertiary/aromatic N) is 2. The minimum absolute atomic E-state index is 0.265. The molecule has 0 amide bonds. The summed E-state index contributed by atoms with van der Waals surface area (Å²) in [5.41, 5.74) is 8.28. The van der Waals surface area contributed by atoms with Gasteiger partial charge in [-0.1, -0.05) is 42.5 Å². The molecule has 3 N–H and O–H groups in total. The Hall–Kier alpha value is -4.13. The number of aromatic nitrogens is 2. The predicted octanol–water partition coefficient (Wildman–Crippen LogP) is 4.58. The normalized spacial score (nSPS) is 10.6. The monoisotopic (exact) mass is 416 g/mol. The Bertz CT molecular complexity index is 1220. The molecule has 0 saturated heterocycles. The summed E-state index contributed by atoms with van der Waals surface area (Å²) >= 11 is 0. The molecule has 0 atom stereocenters. The number of hydrogen-bond donors (Lipinski definition) is 2. The first-order valence-corrected chi connectivity index (χ1v) is 9.68. The maximum absolute atomic E-state index is 14.4. The van der Waals surface area contributed by atoms with Crippen molar-refractivity contribution in [3.63, 3.8) is 0 Å². The molecule has 4 rings (SSSR count). The number of carbonyl (C=O) groups excluding carboxylic acids is 1. The second-order valence-corrected chi connectivity index (χ2v) is 6.90. The van der Waals surface area contributed by atoms with E-state index in [4.69, 9.17) is 10.5 Å². The third-order valence-corrected chi connectivity index (χ3v) is 4.86. The van der Waals surface area contributed by atoms with E-state index < -0.39 is 11.7 Å². The first-order valence-electron chi connectivity index (χ1n) is 9.68. The van der Waals surface area contributed by atoms with Crippen LogP contribution in [0.15, 0.2) is 78.9 Å². The van der Waals surface area contributed by atoms with Gasteiger partial charge in [-0.2, -0.15) is 9.78 Å². The maximum Gasteiger partial charge on any atom is 0.282 e. The summed E-state index contributed by atoms with van der Waals surface area (Å²) in [6, 6.07) is 22.5. The van der Waals surface area contributed by atoms with E-state index in [0.717, 1.165) is 5.56 Å². The van der Waals surface area contributed by atoms with Gasteiger partial charge in [-0.25, -0.2) is 4.39 Å². The zero-order valence-electron chi connectivity index (χ0n) is 16.9. The van der Waals surface area contributed by atoms with E-state index in [9.17, 15) is 9.18 Å². The fourth-order valence-corrected chi connectivity index (χ4v) is 3.23. The molecule has 0 aliphatic heterocycles. The minimum atomic E-state index is -0.432. The number of nitrogens with two attached hydrogens (primary N) is 1. The Labute approximate surface area is 179 Å². The molecule has 0 radical (unpaired) electrons. The number of halogens is 1. The van der Waals surface area contributed by atoms with E-state index in [-0.39, 0.29) is 11.3 Å². The van der Waals surface area contributed by atoms with Crippen LogP contribution in [-0.4, -0.2) is 22.8 Å². The second kappa shape index (κ2) is 8.71. The lowest BCUT2D eigenvalue weighted by Gasteiger charge is -2.11. The van der Waals surface area contributed by atoms with Crippen LogP contribution in [0.3, 0.4) is 0 Å². The van der Waals surface area contributed by atoms with Crippen LogP contribution in [0.1, 0.15) is 15.9 Å². The number of hydrogen-bond acceptors (Lipinski definition) is 5. The fourth-order valence-electron chi connectivity index (χ4n) is 3.23. The zero-order chi connectivity index (χ0) is 21.8. The van der Waals surface area contributed by atoms with Gasteiger partial charge in [-0.3, -0.25) is 4.79 Å². The van der Waals surface area contributed by atoms with Gasteiger partial charge in [0.2, 0.25) is 0 Å². The van der Waals surface area contributed by atoms with Crippen molar-refractivity contribution in [2.75, 3.05) is 18.2 Å². The van der Waals surface area contributed by atoms with Crippen LogP contribution in [0.4, 0.5) is 15.9 Å². The van der Waals surface area contributed by atoms with Crippen LogP contribution in [-0.2, 0) is 6.54 Å². The molecule has 3 aromatic carbocycles. The van der Waals surface area contributed by atoms with Gasteiger partial charge in [-0.05, 0) is 29.8 Å². The average molecular weight is 416 g/mol. The van der Waals surface area contributed by atoms with Gasteiger partial charge in [0.15, 0.2) is 0 Å². The fraction of sp³-hybridized carbons (Fsp3) is 0.0833. The molecule has 0 saturated carbocycles. The summed E-state index contributed by atoms with van der Waals surface area (Å²) in [6.07, 6.45) is 0. The first-order chi connectivity index (χ1) is 15.1. The maximum atomic E-state index is 14.4. The van der Waals surface area contributed by atoms with Crippen LogP contribution in [0.5, 0.6) is 5.75 Å². The summed E-state index contributed by atoms with van der Waals surface area (Å²) in [5.74, 6) is 0.128. The summed E-state index contributed by atoms with van der Waals surface area (Å²) < 4.78 is 20.7.